The Labute approximate surface area is 181 Å². The van der Waals surface area contributed by atoms with Gasteiger partial charge in [0.05, 0.1) is 28.4 Å². The van der Waals surface area contributed by atoms with Gasteiger partial charge >= 0.3 is 0 Å². The summed E-state index contributed by atoms with van der Waals surface area (Å²) in [5, 5.41) is 0.727. The molecule has 0 bridgehead atoms. The van der Waals surface area contributed by atoms with E-state index in [1.165, 1.54) is 0 Å². The van der Waals surface area contributed by atoms with Gasteiger partial charge in [-0.15, -0.1) is 11.8 Å². The van der Waals surface area contributed by atoms with E-state index in [4.69, 9.17) is 9.72 Å². The van der Waals surface area contributed by atoms with Gasteiger partial charge in [0, 0.05) is 16.0 Å². The maximum Gasteiger partial charge on any atom is 0.261 e. The molecule has 2 aromatic carbocycles. The number of halogens is 1. The number of thiazole rings is 1. The quantitative estimate of drug-likeness (QED) is 0.409. The molecule has 146 valence electrons. The molecule has 4 nitrogen and oxygen atoms in total. The number of carbonyl (C=O) groups is 1. The van der Waals surface area contributed by atoms with Crippen molar-refractivity contribution in [2.75, 3.05) is 23.8 Å². The molecule has 4 rings (SSSR count). The van der Waals surface area contributed by atoms with Gasteiger partial charge in [0.25, 0.3) is 5.91 Å². The second-order valence-electron chi connectivity index (χ2n) is 6.59. The Morgan fingerprint density at radius 2 is 2.21 bits per heavy atom. The van der Waals surface area contributed by atoms with Crippen LogP contribution in [0.2, 0.25) is 0 Å². The molecule has 2 heterocycles. The molecular weight excluding hydrogens is 456 g/mol. The Balaban J connectivity index is 1.73. The number of aromatic nitrogens is 1. The maximum absolute atomic E-state index is 13.6. The summed E-state index contributed by atoms with van der Waals surface area (Å²) in [7, 11) is 0. The summed E-state index contributed by atoms with van der Waals surface area (Å²) in [4.78, 5) is 21.2. The maximum atomic E-state index is 13.6. The fraction of sp³-hybridized carbons (Fsp3) is 0.333. The zero-order chi connectivity index (χ0) is 19.5. The number of nitrogens with zero attached hydrogens (tertiary/aromatic N) is 2. The molecule has 1 saturated heterocycles. The Morgan fingerprint density at radius 3 is 3.00 bits per heavy atom. The smallest absolute Gasteiger partial charge is 0.261 e. The van der Waals surface area contributed by atoms with Gasteiger partial charge in [-0.25, -0.2) is 4.98 Å². The molecule has 1 aliphatic rings. The normalized spacial score (nSPS) is 16.6. The number of carbonyl (C=O) groups excluding carboxylic acids is 1. The van der Waals surface area contributed by atoms with Gasteiger partial charge in [-0.1, -0.05) is 46.3 Å². The van der Waals surface area contributed by atoms with E-state index in [-0.39, 0.29) is 12.0 Å². The van der Waals surface area contributed by atoms with Crippen molar-refractivity contribution in [3.05, 3.63) is 52.5 Å². The minimum atomic E-state index is -0.00910. The molecule has 1 fully saturated rings. The van der Waals surface area contributed by atoms with Gasteiger partial charge in [-0.3, -0.25) is 9.69 Å². The van der Waals surface area contributed by atoms with E-state index in [9.17, 15) is 4.79 Å². The van der Waals surface area contributed by atoms with E-state index in [2.05, 4.69) is 22.9 Å². The molecule has 0 saturated carbocycles. The standard InChI is InChI=1S/C21H21BrN2O2S2/c1-2-27-18-8-4-3-7-16(18)20(25)24(13-15-6-5-11-26-15)21-23-17-10-9-14(22)12-19(17)28-21/h3-4,7-10,12,15H,2,5-6,11,13H2,1H3. The summed E-state index contributed by atoms with van der Waals surface area (Å²) >= 11 is 6.76. The third-order valence-corrected chi connectivity index (χ3v) is 7.13. The zero-order valence-corrected chi connectivity index (χ0v) is 18.8. The molecule has 0 spiro atoms. The van der Waals surface area contributed by atoms with Crippen molar-refractivity contribution in [2.24, 2.45) is 0 Å². The zero-order valence-electron chi connectivity index (χ0n) is 15.6. The molecule has 0 aliphatic carbocycles. The Hall–Kier alpha value is -1.41. The minimum absolute atomic E-state index is 0.00910. The molecule has 0 radical (unpaired) electrons. The number of anilines is 1. The van der Waals surface area contributed by atoms with Gasteiger partial charge in [0.15, 0.2) is 5.13 Å². The summed E-state index contributed by atoms with van der Waals surface area (Å²) in [6.07, 6.45) is 2.08. The molecule has 1 atom stereocenters. The lowest BCUT2D eigenvalue weighted by atomic mass is 10.1. The van der Waals surface area contributed by atoms with Crippen molar-refractivity contribution in [3.8, 4) is 0 Å². The monoisotopic (exact) mass is 476 g/mol. The second kappa shape index (κ2) is 8.95. The summed E-state index contributed by atoms with van der Waals surface area (Å²) in [6, 6.07) is 13.8. The number of thioether (sulfide) groups is 1. The topological polar surface area (TPSA) is 42.4 Å². The number of rotatable bonds is 6. The van der Waals surface area contributed by atoms with Crippen LogP contribution in [0.1, 0.15) is 30.1 Å². The first-order valence-corrected chi connectivity index (χ1v) is 12.0. The van der Waals surface area contributed by atoms with Crippen molar-refractivity contribution in [3.63, 3.8) is 0 Å². The summed E-state index contributed by atoms with van der Waals surface area (Å²) < 4.78 is 7.90. The minimum Gasteiger partial charge on any atom is -0.376 e. The van der Waals surface area contributed by atoms with E-state index in [1.807, 2.05) is 47.4 Å². The first-order valence-electron chi connectivity index (χ1n) is 9.37. The summed E-state index contributed by atoms with van der Waals surface area (Å²) in [6.45, 7) is 3.40. The van der Waals surface area contributed by atoms with Crippen LogP contribution in [-0.4, -0.2) is 35.9 Å². The highest BCUT2D eigenvalue weighted by Gasteiger charge is 2.28. The van der Waals surface area contributed by atoms with Crippen molar-refractivity contribution < 1.29 is 9.53 Å². The lowest BCUT2D eigenvalue weighted by molar-refractivity contribution is 0.0915. The summed E-state index contributed by atoms with van der Waals surface area (Å²) in [5.41, 5.74) is 1.64. The van der Waals surface area contributed by atoms with Gasteiger partial charge < -0.3 is 4.74 Å². The first-order chi connectivity index (χ1) is 13.7. The molecule has 28 heavy (non-hydrogen) atoms. The first kappa shape index (κ1) is 19.9. The van der Waals surface area contributed by atoms with Crippen LogP contribution >= 0.6 is 39.0 Å². The van der Waals surface area contributed by atoms with Crippen LogP contribution in [0.5, 0.6) is 0 Å². The lowest BCUT2D eigenvalue weighted by Gasteiger charge is -2.24. The number of fused-ring (bicyclic) bond motifs is 1. The fourth-order valence-electron chi connectivity index (χ4n) is 3.31. The van der Waals surface area contributed by atoms with Crippen LogP contribution in [0.25, 0.3) is 10.2 Å². The third-order valence-electron chi connectivity index (χ3n) is 4.64. The van der Waals surface area contributed by atoms with E-state index < -0.39 is 0 Å². The average molecular weight is 477 g/mol. The number of hydrogen-bond donors (Lipinski definition) is 0. The highest BCUT2D eigenvalue weighted by Crippen LogP contribution is 2.33. The van der Waals surface area contributed by atoms with E-state index >= 15 is 0 Å². The molecule has 7 heteroatoms. The molecular formula is C21H21BrN2O2S2. The van der Waals surface area contributed by atoms with E-state index in [0.717, 1.165) is 55.5 Å². The lowest BCUT2D eigenvalue weighted by Crippen LogP contribution is -2.37. The molecule has 0 N–H and O–H groups in total. The fourth-order valence-corrected chi connectivity index (χ4v) is 5.63. The van der Waals surface area contributed by atoms with Gasteiger partial charge in [-0.05, 0) is 48.9 Å². The molecule has 1 aliphatic heterocycles. The summed E-state index contributed by atoms with van der Waals surface area (Å²) in [5.74, 6) is 0.913. The largest absolute Gasteiger partial charge is 0.376 e. The van der Waals surface area contributed by atoms with Crippen LogP contribution in [0.15, 0.2) is 51.8 Å². The SMILES string of the molecule is CCSc1ccccc1C(=O)N(CC1CCCO1)c1nc2ccc(Br)cc2s1. The molecule has 3 aromatic rings. The van der Waals surface area contributed by atoms with E-state index in [1.54, 1.807) is 23.1 Å². The molecule has 1 amide bonds. The van der Waals surface area contributed by atoms with Gasteiger partial charge in [-0.2, -0.15) is 0 Å². The highest BCUT2D eigenvalue weighted by molar-refractivity contribution is 9.10. The average Bonchev–Trinajstić information content (AvgIpc) is 3.35. The number of benzene rings is 2. The van der Waals surface area contributed by atoms with Crippen molar-refractivity contribution >= 4 is 60.3 Å². The van der Waals surface area contributed by atoms with E-state index in [0.29, 0.717) is 6.54 Å². The van der Waals surface area contributed by atoms with Crippen molar-refractivity contribution in [1.29, 1.82) is 0 Å². The van der Waals surface area contributed by atoms with Crippen LogP contribution in [0.4, 0.5) is 5.13 Å². The Morgan fingerprint density at radius 1 is 1.36 bits per heavy atom. The third kappa shape index (κ3) is 4.27. The highest BCUT2D eigenvalue weighted by atomic mass is 79.9. The van der Waals surface area contributed by atoms with Crippen molar-refractivity contribution in [1.82, 2.24) is 4.98 Å². The van der Waals surface area contributed by atoms with Crippen LogP contribution in [0.3, 0.4) is 0 Å². The number of amides is 1. The van der Waals surface area contributed by atoms with Crippen LogP contribution in [0, 0.1) is 0 Å². The molecule has 1 unspecified atom stereocenters. The predicted molar refractivity (Wildman–Crippen MR) is 121 cm³/mol. The van der Waals surface area contributed by atoms with Crippen molar-refractivity contribution in [2.45, 2.75) is 30.8 Å². The number of ether oxygens (including phenoxy) is 1. The van der Waals surface area contributed by atoms with Gasteiger partial charge in [0.1, 0.15) is 0 Å². The Kier molecular flexibility index (Phi) is 6.35. The number of hydrogen-bond acceptors (Lipinski definition) is 5. The van der Waals surface area contributed by atoms with Crippen LogP contribution < -0.4 is 4.90 Å². The molecule has 1 aromatic heterocycles. The Bertz CT molecular complexity index is 985. The second-order valence-corrected chi connectivity index (χ2v) is 9.82. The van der Waals surface area contributed by atoms with Gasteiger partial charge in [0.2, 0.25) is 0 Å². The predicted octanol–water partition coefficient (Wildman–Crippen LogP) is 6.00. The van der Waals surface area contributed by atoms with Crippen LogP contribution in [-0.2, 0) is 4.74 Å².